The van der Waals surface area contributed by atoms with Crippen LogP contribution in [0.3, 0.4) is 0 Å². The molecule has 4 aliphatic heterocycles. The number of aliphatic hydroxyl groups excluding tert-OH is 1. The molecule has 7 heterocycles. The highest BCUT2D eigenvalue weighted by Gasteiger charge is 2.45. The monoisotopic (exact) mass is 1130 g/mol. The van der Waals surface area contributed by atoms with Crippen LogP contribution < -0.4 is 25.6 Å². The number of benzene rings is 3. The van der Waals surface area contributed by atoms with Gasteiger partial charge in [0.05, 0.1) is 33.6 Å². The standard InChI is InChI=1S/C61H74F2N10O7S/c1-6-44-47(62)23-20-38-25-42(74)26-45(51(38)44)53-52(63)54-46(29-64-53)57(71-30-39-21-22-40(31-71)67-39)70-60(69-54)80-33-41-13-12-24-72(41)50(77)15-11-9-7-8-10-14-49(76)68-56(61(3,4)5)59(79)73-32-43(75)27-48(73)58(78)65-28-36-16-18-37(19-17-36)55-35(2)66-34-81-55/h16-20,23,25-26,29,34,39-41,43,48,56,67,74-75H,6-15,21-22,24,27-28,30-33H2,1-5H3,(H,65,78)(H,68,76)/t39?,40?,41-,43+,48-,56+/m0/s1. The van der Waals surface area contributed by atoms with Gasteiger partial charge in [0.1, 0.15) is 47.3 Å². The number of fused-ring (bicyclic) bond motifs is 4. The van der Waals surface area contributed by atoms with E-state index < -0.39 is 41.1 Å². The van der Waals surface area contributed by atoms with Crippen LogP contribution >= 0.6 is 11.3 Å². The number of aromatic nitrogens is 4. The van der Waals surface area contributed by atoms with Gasteiger partial charge in [0, 0.05) is 75.8 Å². The molecule has 6 atom stereocenters. The molecule has 2 unspecified atom stereocenters. The van der Waals surface area contributed by atoms with E-state index in [0.29, 0.717) is 72.9 Å². The number of likely N-dealkylation sites (tertiary alicyclic amines) is 2. The molecule has 2 bridgehead atoms. The van der Waals surface area contributed by atoms with Gasteiger partial charge >= 0.3 is 6.01 Å². The number of halogens is 2. The molecule has 6 aromatic rings. The molecule has 4 aliphatic rings. The van der Waals surface area contributed by atoms with E-state index in [4.69, 9.17) is 9.72 Å². The number of phenols is 1. The third kappa shape index (κ3) is 12.8. The van der Waals surface area contributed by atoms with Crippen LogP contribution in [0, 0.1) is 24.0 Å². The lowest BCUT2D eigenvalue weighted by Gasteiger charge is -2.35. The van der Waals surface area contributed by atoms with Crippen molar-refractivity contribution in [3.05, 3.63) is 88.7 Å². The zero-order chi connectivity index (χ0) is 57.1. The van der Waals surface area contributed by atoms with Crippen molar-refractivity contribution in [2.75, 3.05) is 37.7 Å². The van der Waals surface area contributed by atoms with E-state index in [0.717, 1.165) is 66.6 Å². The predicted octanol–water partition coefficient (Wildman–Crippen LogP) is 8.67. The van der Waals surface area contributed by atoms with Crippen molar-refractivity contribution in [3.63, 3.8) is 0 Å². The maximum absolute atomic E-state index is 17.2. The number of aryl methyl sites for hydroxylation is 2. The average Bonchev–Trinajstić information content (AvgIpc) is 4.29. The van der Waals surface area contributed by atoms with E-state index in [2.05, 4.69) is 35.8 Å². The molecule has 3 aromatic carbocycles. The van der Waals surface area contributed by atoms with E-state index in [-0.39, 0.29) is 96.9 Å². The molecule has 0 aliphatic carbocycles. The number of ether oxygens (including phenoxy) is 1. The molecular formula is C61H74F2N10O7S. The Morgan fingerprint density at radius 3 is 2.37 bits per heavy atom. The van der Waals surface area contributed by atoms with Crippen molar-refractivity contribution in [2.45, 2.75) is 161 Å². The number of hydrogen-bond donors (Lipinski definition) is 5. The molecule has 0 spiro atoms. The third-order valence-corrected chi connectivity index (χ3v) is 17.5. The topological polar surface area (TPSA) is 215 Å². The number of rotatable bonds is 20. The normalized spacial score (nSPS) is 20.3. The number of carbonyl (C=O) groups is 4. The number of pyridine rings is 1. The summed E-state index contributed by atoms with van der Waals surface area (Å²) < 4.78 is 38.7. The number of aliphatic hydroxyl groups is 1. The van der Waals surface area contributed by atoms with Crippen LogP contribution in [-0.2, 0) is 32.1 Å². The van der Waals surface area contributed by atoms with Crippen LogP contribution in [0.25, 0.3) is 43.4 Å². The molecule has 81 heavy (non-hydrogen) atoms. The Balaban J connectivity index is 0.708. The van der Waals surface area contributed by atoms with Crippen LogP contribution in [0.15, 0.2) is 60.2 Å². The largest absolute Gasteiger partial charge is 0.508 e. The fourth-order valence-electron chi connectivity index (χ4n) is 12.3. The number of aromatic hydroxyl groups is 1. The van der Waals surface area contributed by atoms with Crippen LogP contribution in [0.4, 0.5) is 14.6 Å². The highest BCUT2D eigenvalue weighted by molar-refractivity contribution is 7.13. The number of hydrogen-bond acceptors (Lipinski definition) is 14. The second kappa shape index (κ2) is 24.7. The number of phenolic OH excluding ortho intramolecular Hbond substituents is 1. The first-order valence-electron chi connectivity index (χ1n) is 28.7. The number of nitrogens with zero attached hydrogens (tertiary/aromatic N) is 7. The molecule has 0 radical (unpaired) electrons. The summed E-state index contributed by atoms with van der Waals surface area (Å²) in [7, 11) is 0. The highest BCUT2D eigenvalue weighted by Crippen LogP contribution is 2.40. The van der Waals surface area contributed by atoms with Gasteiger partial charge in [-0.15, -0.1) is 11.3 Å². The van der Waals surface area contributed by atoms with Crippen LogP contribution in [0.5, 0.6) is 11.8 Å². The van der Waals surface area contributed by atoms with Crippen molar-refractivity contribution in [2.24, 2.45) is 5.41 Å². The molecule has 4 fully saturated rings. The lowest BCUT2D eigenvalue weighted by molar-refractivity contribution is -0.144. The Hall–Kier alpha value is -6.90. The summed E-state index contributed by atoms with van der Waals surface area (Å²) in [6, 6.07) is 12.2. The highest BCUT2D eigenvalue weighted by atomic mass is 32.1. The first-order valence-corrected chi connectivity index (χ1v) is 29.6. The second-order valence-corrected chi connectivity index (χ2v) is 24.3. The van der Waals surface area contributed by atoms with Gasteiger partial charge in [-0.3, -0.25) is 24.2 Å². The first-order chi connectivity index (χ1) is 38.9. The molecule has 4 saturated heterocycles. The van der Waals surface area contributed by atoms with Gasteiger partial charge in [0.15, 0.2) is 5.82 Å². The van der Waals surface area contributed by atoms with Gasteiger partial charge in [0.2, 0.25) is 23.6 Å². The summed E-state index contributed by atoms with van der Waals surface area (Å²) in [6.07, 6.45) is 8.88. The molecule has 4 amide bonds. The van der Waals surface area contributed by atoms with Gasteiger partial charge in [0.25, 0.3) is 0 Å². The Morgan fingerprint density at radius 2 is 1.65 bits per heavy atom. The smallest absolute Gasteiger partial charge is 0.319 e. The number of amides is 4. The third-order valence-electron chi connectivity index (χ3n) is 16.5. The SMILES string of the molecule is CCc1c(F)ccc2cc(O)cc(-c3ncc4c(N5CC6CCC(C5)N6)nc(OC[C@@H]5CCCN5C(=O)CCCCCCCC(=O)N[C@H](C(=O)N5C[C@H](O)C[C@H]5C(=O)NCc5ccc(-c6scnc6C)cc5)C(C)(C)C)nc4c3F)c12. The predicted molar refractivity (Wildman–Crippen MR) is 308 cm³/mol. The lowest BCUT2D eigenvalue weighted by Crippen LogP contribution is -2.57. The molecule has 430 valence electrons. The Labute approximate surface area is 475 Å². The van der Waals surface area contributed by atoms with Gasteiger partial charge in [-0.25, -0.2) is 13.8 Å². The quantitative estimate of drug-likeness (QED) is 0.0453. The fraction of sp³-hybridized carbons (Fsp3) is 0.508. The summed E-state index contributed by atoms with van der Waals surface area (Å²) in [5, 5.41) is 32.4. The van der Waals surface area contributed by atoms with Crippen LogP contribution in [0.1, 0.15) is 122 Å². The fourth-order valence-corrected chi connectivity index (χ4v) is 13.1. The van der Waals surface area contributed by atoms with Gasteiger partial charge < -0.3 is 45.6 Å². The molecule has 20 heteroatoms. The maximum Gasteiger partial charge on any atom is 0.319 e. The number of unbranched alkanes of at least 4 members (excludes halogenated alkanes) is 4. The maximum atomic E-state index is 17.2. The summed E-state index contributed by atoms with van der Waals surface area (Å²) in [4.78, 5) is 79.7. The molecule has 5 N–H and O–H groups in total. The number of thiazole rings is 1. The average molecular weight is 1130 g/mol. The molecular weight excluding hydrogens is 1050 g/mol. The van der Waals surface area contributed by atoms with Crippen molar-refractivity contribution in [1.82, 2.24) is 45.7 Å². The minimum absolute atomic E-state index is 0.00585. The van der Waals surface area contributed by atoms with Crippen LogP contribution in [-0.4, -0.2) is 133 Å². The Kier molecular flexibility index (Phi) is 17.5. The van der Waals surface area contributed by atoms with E-state index in [1.807, 2.05) is 69.3 Å². The second-order valence-electron chi connectivity index (χ2n) is 23.4. The van der Waals surface area contributed by atoms with Gasteiger partial charge in [-0.1, -0.05) is 77.3 Å². The van der Waals surface area contributed by atoms with Crippen molar-refractivity contribution in [1.29, 1.82) is 0 Å². The number of anilines is 1. The zero-order valence-corrected chi connectivity index (χ0v) is 47.7. The Bertz CT molecular complexity index is 3290. The minimum atomic E-state index is -0.917. The van der Waals surface area contributed by atoms with Gasteiger partial charge in [-0.2, -0.15) is 9.97 Å². The van der Waals surface area contributed by atoms with E-state index >= 15 is 8.78 Å². The summed E-state index contributed by atoms with van der Waals surface area (Å²) in [5.41, 5.74) is 4.59. The molecule has 10 rings (SSSR count). The van der Waals surface area contributed by atoms with Crippen molar-refractivity contribution in [3.8, 4) is 33.5 Å². The molecule has 17 nitrogen and oxygen atoms in total. The first kappa shape index (κ1) is 57.3. The molecule has 0 saturated carbocycles. The Morgan fingerprint density at radius 1 is 0.914 bits per heavy atom. The zero-order valence-electron chi connectivity index (χ0n) is 46.9. The van der Waals surface area contributed by atoms with Gasteiger partial charge in [-0.05, 0) is 103 Å². The van der Waals surface area contributed by atoms with E-state index in [1.165, 1.54) is 23.1 Å². The lowest BCUT2D eigenvalue weighted by atomic mass is 9.85. The van der Waals surface area contributed by atoms with Crippen molar-refractivity contribution >= 4 is 62.5 Å². The number of nitrogens with one attached hydrogen (secondary N) is 3. The summed E-state index contributed by atoms with van der Waals surface area (Å²) in [6.45, 7) is 11.7. The number of β-amino-alcohol motifs (C(OH)–C–C–N with tert-alkyl or cyclic N) is 1. The molecule has 3 aromatic heterocycles. The number of piperazine rings is 1. The number of carbonyl (C=O) groups excluding carboxylic acids is 4. The summed E-state index contributed by atoms with van der Waals surface area (Å²) >= 11 is 1.57. The van der Waals surface area contributed by atoms with E-state index in [1.54, 1.807) is 23.6 Å². The van der Waals surface area contributed by atoms with Crippen molar-refractivity contribution < 1.29 is 42.9 Å². The van der Waals surface area contributed by atoms with Crippen LogP contribution in [0.2, 0.25) is 0 Å². The van der Waals surface area contributed by atoms with E-state index in [9.17, 15) is 29.4 Å². The minimum Gasteiger partial charge on any atom is -0.508 e. The summed E-state index contributed by atoms with van der Waals surface area (Å²) in [5.74, 6) is -1.79.